The van der Waals surface area contributed by atoms with Crippen LogP contribution in [0.3, 0.4) is 0 Å². The van der Waals surface area contributed by atoms with Crippen LogP contribution in [0, 0.1) is 10.1 Å². The Morgan fingerprint density at radius 2 is 2.07 bits per heavy atom. The number of carbonyl (C=O) groups is 2. The molecule has 0 fully saturated rings. The minimum absolute atomic E-state index is 0.00128. The third kappa shape index (κ3) is 3.91. The first-order chi connectivity index (χ1) is 13.4. The van der Waals surface area contributed by atoms with E-state index in [-0.39, 0.29) is 28.7 Å². The van der Waals surface area contributed by atoms with Gasteiger partial charge in [-0.2, -0.15) is 0 Å². The summed E-state index contributed by atoms with van der Waals surface area (Å²) in [6.07, 6.45) is -0.0990. The van der Waals surface area contributed by atoms with Crippen molar-refractivity contribution in [1.29, 1.82) is 0 Å². The molecule has 0 aromatic heterocycles. The summed E-state index contributed by atoms with van der Waals surface area (Å²) in [5.41, 5.74) is 0.402. The largest absolute Gasteiger partial charge is 0.477 e. The van der Waals surface area contributed by atoms with Gasteiger partial charge < -0.3 is 15.0 Å². The normalized spacial score (nSPS) is 15.4. The molecule has 28 heavy (non-hydrogen) atoms. The van der Waals surface area contributed by atoms with E-state index in [0.717, 1.165) is 12.5 Å². The summed E-state index contributed by atoms with van der Waals surface area (Å²) < 4.78 is 5.76. The first-order valence-electron chi connectivity index (χ1n) is 8.71. The Hall–Kier alpha value is -3.13. The van der Waals surface area contributed by atoms with Crippen LogP contribution in [-0.4, -0.2) is 35.9 Å². The summed E-state index contributed by atoms with van der Waals surface area (Å²) in [7, 11) is 0. The zero-order valence-corrected chi connectivity index (χ0v) is 15.8. The lowest BCUT2D eigenvalue weighted by Crippen LogP contribution is -2.51. The predicted molar refractivity (Wildman–Crippen MR) is 104 cm³/mol. The molecule has 0 radical (unpaired) electrons. The molecule has 8 nitrogen and oxygen atoms in total. The number of non-ortho nitro benzene ring substituents is 1. The van der Waals surface area contributed by atoms with Crippen LogP contribution in [0.2, 0.25) is 5.02 Å². The minimum Gasteiger partial charge on any atom is -0.477 e. The fourth-order valence-corrected chi connectivity index (χ4v) is 3.12. The summed E-state index contributed by atoms with van der Waals surface area (Å²) in [4.78, 5) is 37.2. The van der Waals surface area contributed by atoms with E-state index in [1.54, 1.807) is 24.3 Å². The number of benzene rings is 2. The number of hydrogen-bond donors (Lipinski definition) is 1. The van der Waals surface area contributed by atoms with Gasteiger partial charge in [-0.3, -0.25) is 19.7 Å². The van der Waals surface area contributed by atoms with Crippen molar-refractivity contribution < 1.29 is 19.2 Å². The molecule has 2 aromatic carbocycles. The second-order valence-electron chi connectivity index (χ2n) is 6.20. The molecule has 0 spiro atoms. The topological polar surface area (TPSA) is 102 Å². The smallest absolute Gasteiger partial charge is 0.270 e. The maximum atomic E-state index is 13.1. The van der Waals surface area contributed by atoms with Gasteiger partial charge in [-0.1, -0.05) is 30.7 Å². The van der Waals surface area contributed by atoms with Gasteiger partial charge in [0.2, 0.25) is 0 Å². The van der Waals surface area contributed by atoms with Gasteiger partial charge in [0, 0.05) is 18.7 Å². The Bertz CT molecular complexity index is 934. The van der Waals surface area contributed by atoms with Crippen LogP contribution < -0.4 is 15.0 Å². The highest BCUT2D eigenvalue weighted by atomic mass is 35.5. The number of rotatable bonds is 5. The number of nitro benzene ring substituents is 1. The van der Waals surface area contributed by atoms with Gasteiger partial charge in [-0.25, -0.2) is 0 Å². The number of nitrogens with zero attached hydrogens (tertiary/aromatic N) is 2. The molecule has 0 saturated carbocycles. The molecule has 1 aliphatic heterocycles. The maximum Gasteiger partial charge on any atom is 0.270 e. The molecule has 0 unspecified atom stereocenters. The average molecular weight is 404 g/mol. The third-order valence-corrected chi connectivity index (χ3v) is 4.57. The van der Waals surface area contributed by atoms with Crippen molar-refractivity contribution in [1.82, 2.24) is 5.32 Å². The van der Waals surface area contributed by atoms with E-state index in [1.165, 1.54) is 17.0 Å². The Morgan fingerprint density at radius 1 is 1.32 bits per heavy atom. The third-order valence-electron chi connectivity index (χ3n) is 4.25. The summed E-state index contributed by atoms with van der Waals surface area (Å²) in [6.45, 7) is 2.44. The zero-order valence-electron chi connectivity index (χ0n) is 15.1. The quantitative estimate of drug-likeness (QED) is 0.610. The van der Waals surface area contributed by atoms with Gasteiger partial charge in [-0.05, 0) is 24.6 Å². The van der Waals surface area contributed by atoms with Gasteiger partial charge >= 0.3 is 0 Å². The van der Waals surface area contributed by atoms with Gasteiger partial charge in [-0.15, -0.1) is 0 Å². The molecule has 2 amide bonds. The lowest BCUT2D eigenvalue weighted by molar-refractivity contribution is -0.384. The molecule has 1 aliphatic rings. The summed E-state index contributed by atoms with van der Waals surface area (Å²) >= 11 is 6.12. The lowest BCUT2D eigenvalue weighted by Gasteiger charge is -2.34. The Morgan fingerprint density at radius 3 is 2.75 bits per heavy atom. The molecular formula is C19H18ClN3O5. The second-order valence-corrected chi connectivity index (χ2v) is 6.61. The number of fused-ring (bicyclic) bond motifs is 1. The highest BCUT2D eigenvalue weighted by Gasteiger charge is 2.34. The monoisotopic (exact) mass is 403 g/mol. The summed E-state index contributed by atoms with van der Waals surface area (Å²) in [5.74, 6) is -0.385. The van der Waals surface area contributed by atoms with Crippen LogP contribution in [0.25, 0.3) is 0 Å². The average Bonchev–Trinajstić information content (AvgIpc) is 2.70. The molecule has 1 heterocycles. The zero-order chi connectivity index (χ0) is 20.3. The van der Waals surface area contributed by atoms with Gasteiger partial charge in [0.25, 0.3) is 17.5 Å². The number of amides is 2. The molecule has 2 aromatic rings. The SMILES string of the molecule is CCCNC(=O)[C@@H]1CN(C(=O)c2ccc([N+](=O)[O-])cc2Cl)c2ccccc2O1. The van der Waals surface area contributed by atoms with E-state index >= 15 is 0 Å². The molecular weight excluding hydrogens is 386 g/mol. The van der Waals surface area contributed by atoms with Crippen molar-refractivity contribution in [2.24, 2.45) is 0 Å². The van der Waals surface area contributed by atoms with E-state index < -0.39 is 16.9 Å². The van der Waals surface area contributed by atoms with Crippen molar-refractivity contribution in [3.63, 3.8) is 0 Å². The second kappa shape index (κ2) is 8.26. The van der Waals surface area contributed by atoms with Crippen molar-refractivity contribution in [3.8, 4) is 5.75 Å². The maximum absolute atomic E-state index is 13.1. The molecule has 0 saturated heterocycles. The molecule has 9 heteroatoms. The molecule has 1 N–H and O–H groups in total. The Balaban J connectivity index is 1.94. The van der Waals surface area contributed by atoms with Crippen molar-refractivity contribution in [2.75, 3.05) is 18.0 Å². The van der Waals surface area contributed by atoms with E-state index in [4.69, 9.17) is 16.3 Å². The fourth-order valence-electron chi connectivity index (χ4n) is 2.86. The number of halogens is 1. The molecule has 0 bridgehead atoms. The van der Waals surface area contributed by atoms with E-state index in [9.17, 15) is 19.7 Å². The van der Waals surface area contributed by atoms with E-state index in [1.807, 2.05) is 6.92 Å². The van der Waals surface area contributed by atoms with Crippen LogP contribution in [0.4, 0.5) is 11.4 Å². The van der Waals surface area contributed by atoms with Gasteiger partial charge in [0.15, 0.2) is 6.10 Å². The number of nitrogens with one attached hydrogen (secondary N) is 1. The lowest BCUT2D eigenvalue weighted by atomic mass is 10.1. The number of hydrogen-bond acceptors (Lipinski definition) is 5. The highest BCUT2D eigenvalue weighted by Crippen LogP contribution is 2.35. The van der Waals surface area contributed by atoms with Gasteiger partial charge in [0.05, 0.1) is 27.7 Å². The molecule has 146 valence electrons. The van der Waals surface area contributed by atoms with Crippen molar-refractivity contribution in [2.45, 2.75) is 19.4 Å². The highest BCUT2D eigenvalue weighted by molar-refractivity contribution is 6.34. The number of para-hydroxylation sites is 2. The number of nitro groups is 1. The van der Waals surface area contributed by atoms with E-state index in [0.29, 0.717) is 18.0 Å². The Labute approximate surface area is 166 Å². The number of anilines is 1. The molecule has 1 atom stereocenters. The van der Waals surface area contributed by atoms with Crippen LogP contribution in [-0.2, 0) is 4.79 Å². The van der Waals surface area contributed by atoms with Gasteiger partial charge in [0.1, 0.15) is 5.75 Å². The first-order valence-corrected chi connectivity index (χ1v) is 9.09. The first kappa shape index (κ1) is 19.6. The number of ether oxygens (including phenoxy) is 1. The number of carbonyl (C=O) groups excluding carboxylic acids is 2. The van der Waals surface area contributed by atoms with E-state index in [2.05, 4.69) is 5.32 Å². The van der Waals surface area contributed by atoms with Crippen LogP contribution >= 0.6 is 11.6 Å². The fraction of sp³-hybridized carbons (Fsp3) is 0.263. The van der Waals surface area contributed by atoms with Crippen LogP contribution in [0.5, 0.6) is 5.75 Å². The summed E-state index contributed by atoms with van der Waals surface area (Å²) in [5, 5.41) is 13.6. The van der Waals surface area contributed by atoms with Crippen LogP contribution in [0.1, 0.15) is 23.7 Å². The standard InChI is InChI=1S/C19H18ClN3O5/c1-2-9-21-18(24)17-11-22(15-5-3-4-6-16(15)28-17)19(25)13-8-7-12(23(26)27)10-14(13)20/h3-8,10,17H,2,9,11H2,1H3,(H,21,24)/t17-/m0/s1. The Kier molecular flexibility index (Phi) is 5.79. The summed E-state index contributed by atoms with van der Waals surface area (Å²) in [6, 6.07) is 10.5. The predicted octanol–water partition coefficient (Wildman–Crippen LogP) is 3.18. The minimum atomic E-state index is -0.873. The molecule has 0 aliphatic carbocycles. The van der Waals surface area contributed by atoms with Crippen LogP contribution in [0.15, 0.2) is 42.5 Å². The molecule has 3 rings (SSSR count). The van der Waals surface area contributed by atoms with Crippen molar-refractivity contribution in [3.05, 3.63) is 63.2 Å². The van der Waals surface area contributed by atoms with Crippen molar-refractivity contribution >= 4 is 34.8 Å².